The lowest BCUT2D eigenvalue weighted by atomic mass is 9.92. The minimum atomic E-state index is -0.877. The number of rotatable bonds is 3. The van der Waals surface area contributed by atoms with E-state index >= 15 is 0 Å². The van der Waals surface area contributed by atoms with Crippen LogP contribution >= 0.6 is 11.6 Å². The second-order valence-corrected chi connectivity index (χ2v) is 6.83. The number of carbonyl (C=O) groups excluding carboxylic acids is 1. The highest BCUT2D eigenvalue weighted by Crippen LogP contribution is 2.23. The monoisotopic (exact) mass is 337 g/mol. The van der Waals surface area contributed by atoms with Crippen LogP contribution in [0.4, 0.5) is 0 Å². The zero-order valence-corrected chi connectivity index (χ0v) is 14.0. The molecule has 3 heterocycles. The fraction of sp³-hybridized carbons (Fsp3) is 0.533. The van der Waals surface area contributed by atoms with E-state index in [1.54, 1.807) is 21.7 Å². The number of hydrogen-bond acceptors (Lipinski definition) is 5. The number of imidazole rings is 1. The third-order valence-electron chi connectivity index (χ3n) is 3.95. The van der Waals surface area contributed by atoms with Crippen molar-refractivity contribution in [1.82, 2.24) is 24.2 Å². The van der Waals surface area contributed by atoms with Crippen LogP contribution in [0.2, 0.25) is 5.02 Å². The van der Waals surface area contributed by atoms with E-state index in [0.29, 0.717) is 42.5 Å². The van der Waals surface area contributed by atoms with Crippen LogP contribution in [0.3, 0.4) is 0 Å². The number of likely N-dealkylation sites (tertiary alicyclic amines) is 1. The lowest BCUT2D eigenvalue weighted by Crippen LogP contribution is -2.54. The maximum atomic E-state index is 12.7. The maximum Gasteiger partial charge on any atom is 0.274 e. The van der Waals surface area contributed by atoms with Crippen molar-refractivity contribution >= 4 is 23.3 Å². The largest absolute Gasteiger partial charge is 0.387 e. The molecule has 1 amide bonds. The van der Waals surface area contributed by atoms with Crippen molar-refractivity contribution in [3.63, 3.8) is 0 Å². The minimum absolute atomic E-state index is 0.191. The number of piperidine rings is 1. The summed E-state index contributed by atoms with van der Waals surface area (Å²) in [4.78, 5) is 24.6. The number of aliphatic hydroxyl groups is 1. The first-order chi connectivity index (χ1) is 10.9. The Labute approximate surface area is 139 Å². The quantitative estimate of drug-likeness (QED) is 0.901. The van der Waals surface area contributed by atoms with Gasteiger partial charge in [-0.3, -0.25) is 9.20 Å². The SMILES string of the molecule is CN(C)CC1(O)CCCN(C(=O)c2cn3cc(Cl)cnc3n2)C1. The zero-order chi connectivity index (χ0) is 16.6. The Balaban J connectivity index is 1.81. The number of carbonyl (C=O) groups is 1. The number of likely N-dealkylation sites (N-methyl/N-ethyl adjacent to an activating group) is 1. The van der Waals surface area contributed by atoms with E-state index in [2.05, 4.69) is 9.97 Å². The lowest BCUT2D eigenvalue weighted by molar-refractivity contribution is -0.0392. The molecule has 1 unspecified atom stereocenters. The van der Waals surface area contributed by atoms with E-state index in [1.807, 2.05) is 19.0 Å². The summed E-state index contributed by atoms with van der Waals surface area (Å²) < 4.78 is 1.63. The molecule has 0 saturated carbocycles. The lowest BCUT2D eigenvalue weighted by Gasteiger charge is -2.40. The summed E-state index contributed by atoms with van der Waals surface area (Å²) in [6.07, 6.45) is 6.24. The topological polar surface area (TPSA) is 74.0 Å². The fourth-order valence-electron chi connectivity index (χ4n) is 3.13. The molecule has 1 fully saturated rings. The summed E-state index contributed by atoms with van der Waals surface area (Å²) in [6.45, 7) is 1.46. The predicted octanol–water partition coefficient (Wildman–Crippen LogP) is 0.911. The smallest absolute Gasteiger partial charge is 0.274 e. The average molecular weight is 338 g/mol. The van der Waals surface area contributed by atoms with Crippen molar-refractivity contribution in [3.05, 3.63) is 29.3 Å². The molecule has 1 atom stereocenters. The van der Waals surface area contributed by atoms with Crippen molar-refractivity contribution in [1.29, 1.82) is 0 Å². The number of amides is 1. The fourth-order valence-corrected chi connectivity index (χ4v) is 3.28. The molecule has 1 N–H and O–H groups in total. The van der Waals surface area contributed by atoms with E-state index in [9.17, 15) is 9.90 Å². The van der Waals surface area contributed by atoms with Crippen molar-refractivity contribution in [2.75, 3.05) is 33.7 Å². The van der Waals surface area contributed by atoms with Gasteiger partial charge in [-0.25, -0.2) is 9.97 Å². The molecule has 1 aliphatic heterocycles. The third kappa shape index (κ3) is 3.46. The second-order valence-electron chi connectivity index (χ2n) is 6.40. The molecule has 0 bridgehead atoms. The molecule has 1 saturated heterocycles. The van der Waals surface area contributed by atoms with Crippen molar-refractivity contribution < 1.29 is 9.90 Å². The van der Waals surface area contributed by atoms with Gasteiger partial charge in [0.05, 0.1) is 23.4 Å². The summed E-state index contributed by atoms with van der Waals surface area (Å²) in [5.41, 5.74) is -0.563. The highest BCUT2D eigenvalue weighted by Gasteiger charge is 2.36. The molecule has 1 aliphatic rings. The van der Waals surface area contributed by atoms with Crippen molar-refractivity contribution in [3.8, 4) is 0 Å². The van der Waals surface area contributed by atoms with E-state index in [4.69, 9.17) is 11.6 Å². The first-order valence-electron chi connectivity index (χ1n) is 7.53. The highest BCUT2D eigenvalue weighted by molar-refractivity contribution is 6.30. The van der Waals surface area contributed by atoms with Gasteiger partial charge >= 0.3 is 0 Å². The molecular weight excluding hydrogens is 318 g/mol. The van der Waals surface area contributed by atoms with Crippen LogP contribution in [0, 0.1) is 0 Å². The van der Waals surface area contributed by atoms with Gasteiger partial charge in [-0.2, -0.15) is 0 Å². The molecule has 0 radical (unpaired) electrons. The summed E-state index contributed by atoms with van der Waals surface area (Å²) in [6, 6.07) is 0. The van der Waals surface area contributed by atoms with Gasteiger partial charge in [-0.1, -0.05) is 11.6 Å². The summed E-state index contributed by atoms with van der Waals surface area (Å²) in [7, 11) is 3.83. The zero-order valence-electron chi connectivity index (χ0n) is 13.2. The van der Waals surface area contributed by atoms with Gasteiger partial charge in [-0.15, -0.1) is 0 Å². The van der Waals surface area contributed by atoms with Crippen LogP contribution in [0.15, 0.2) is 18.6 Å². The first-order valence-corrected chi connectivity index (χ1v) is 7.91. The minimum Gasteiger partial charge on any atom is -0.387 e. The Morgan fingerprint density at radius 1 is 1.48 bits per heavy atom. The summed E-state index contributed by atoms with van der Waals surface area (Å²) in [5.74, 6) is 0.238. The Morgan fingerprint density at radius 3 is 3.00 bits per heavy atom. The number of nitrogens with zero attached hydrogens (tertiary/aromatic N) is 5. The van der Waals surface area contributed by atoms with Crippen LogP contribution in [0.5, 0.6) is 0 Å². The van der Waals surface area contributed by atoms with Crippen LogP contribution < -0.4 is 0 Å². The summed E-state index contributed by atoms with van der Waals surface area (Å²) in [5, 5.41) is 11.2. The number of β-amino-alcohol motifs (C(OH)–C–C–N with tert-alkyl or cyclic N) is 1. The molecule has 0 spiro atoms. The van der Waals surface area contributed by atoms with Crippen LogP contribution in [-0.4, -0.2) is 74.5 Å². The average Bonchev–Trinajstić information content (AvgIpc) is 2.88. The Bertz CT molecular complexity index is 732. The number of aromatic nitrogens is 3. The van der Waals surface area contributed by atoms with Gasteiger partial charge in [0.1, 0.15) is 5.69 Å². The maximum absolute atomic E-state index is 12.7. The van der Waals surface area contributed by atoms with Gasteiger partial charge in [0.25, 0.3) is 5.91 Å². The molecule has 7 nitrogen and oxygen atoms in total. The van der Waals surface area contributed by atoms with Gasteiger partial charge in [-0.05, 0) is 26.9 Å². The number of halogens is 1. The second kappa shape index (κ2) is 6.07. The first kappa shape index (κ1) is 16.2. The molecule has 23 heavy (non-hydrogen) atoms. The molecule has 2 aromatic heterocycles. The molecule has 8 heteroatoms. The molecule has 124 valence electrons. The molecule has 0 aliphatic carbocycles. The van der Waals surface area contributed by atoms with E-state index in [0.717, 1.165) is 6.42 Å². The Hall–Kier alpha value is -1.70. The summed E-state index contributed by atoms with van der Waals surface area (Å²) >= 11 is 5.90. The number of hydrogen-bond donors (Lipinski definition) is 1. The standard InChI is InChI=1S/C15H20ClN5O2/c1-19(2)9-15(23)4-3-5-20(10-15)13(22)12-8-21-7-11(16)6-17-14(21)18-12/h6-8,23H,3-5,9-10H2,1-2H3. The van der Waals surface area contributed by atoms with Crippen LogP contribution in [0.25, 0.3) is 5.78 Å². The number of fused-ring (bicyclic) bond motifs is 1. The third-order valence-corrected chi connectivity index (χ3v) is 4.15. The van der Waals surface area contributed by atoms with Gasteiger partial charge < -0.3 is 14.9 Å². The van der Waals surface area contributed by atoms with Gasteiger partial charge in [0, 0.05) is 25.5 Å². The van der Waals surface area contributed by atoms with E-state index in [-0.39, 0.29) is 5.91 Å². The predicted molar refractivity (Wildman–Crippen MR) is 86.6 cm³/mol. The Kier molecular flexibility index (Phi) is 4.27. The van der Waals surface area contributed by atoms with E-state index < -0.39 is 5.60 Å². The molecule has 3 rings (SSSR count). The van der Waals surface area contributed by atoms with Crippen molar-refractivity contribution in [2.45, 2.75) is 18.4 Å². The van der Waals surface area contributed by atoms with Crippen molar-refractivity contribution in [2.24, 2.45) is 0 Å². The molecule has 2 aromatic rings. The normalized spacial score (nSPS) is 22.0. The van der Waals surface area contributed by atoms with Crippen LogP contribution in [-0.2, 0) is 0 Å². The van der Waals surface area contributed by atoms with Gasteiger partial charge in [0.15, 0.2) is 0 Å². The highest BCUT2D eigenvalue weighted by atomic mass is 35.5. The Morgan fingerprint density at radius 2 is 2.26 bits per heavy atom. The molecule has 0 aromatic carbocycles. The van der Waals surface area contributed by atoms with Crippen LogP contribution in [0.1, 0.15) is 23.3 Å². The van der Waals surface area contributed by atoms with E-state index in [1.165, 1.54) is 6.20 Å². The van der Waals surface area contributed by atoms with Gasteiger partial charge in [0.2, 0.25) is 5.78 Å². The molecular formula is C15H20ClN5O2.